The second-order valence-corrected chi connectivity index (χ2v) is 11.1. The van der Waals surface area contributed by atoms with E-state index in [4.69, 9.17) is 4.74 Å². The van der Waals surface area contributed by atoms with Crippen molar-refractivity contribution in [2.75, 3.05) is 33.0 Å². The minimum Gasteiger partial charge on any atom is -0.496 e. The number of pyridine rings is 1. The molecule has 0 radical (unpaired) electrons. The van der Waals surface area contributed by atoms with Gasteiger partial charge in [0.15, 0.2) is 0 Å². The van der Waals surface area contributed by atoms with E-state index in [9.17, 15) is 17.6 Å². The van der Waals surface area contributed by atoms with Crippen molar-refractivity contribution in [1.29, 1.82) is 0 Å². The number of aromatic nitrogens is 2. The number of amides is 1. The number of carbonyl (C=O) groups is 1. The second-order valence-electron chi connectivity index (χ2n) is 9.14. The quantitative estimate of drug-likeness (QED) is 0.558. The van der Waals surface area contributed by atoms with Crippen LogP contribution in [0.25, 0.3) is 22.2 Å². The summed E-state index contributed by atoms with van der Waals surface area (Å²) in [6, 6.07) is 8.43. The number of methoxy groups -OCH3 is 1. The fourth-order valence-corrected chi connectivity index (χ4v) is 6.13. The minimum atomic E-state index is -3.57. The van der Waals surface area contributed by atoms with E-state index >= 15 is 0 Å². The van der Waals surface area contributed by atoms with Crippen molar-refractivity contribution in [2.24, 2.45) is 11.8 Å². The molecule has 180 valence electrons. The summed E-state index contributed by atoms with van der Waals surface area (Å²) in [5, 5.41) is 0.910. The first-order valence-corrected chi connectivity index (χ1v) is 12.9. The number of ether oxygens (including phenoxy) is 1. The van der Waals surface area contributed by atoms with Crippen LogP contribution in [0.2, 0.25) is 0 Å². The first kappa shape index (κ1) is 22.8. The van der Waals surface area contributed by atoms with Gasteiger partial charge in [-0.25, -0.2) is 22.5 Å². The van der Waals surface area contributed by atoms with Gasteiger partial charge >= 0.3 is 0 Å². The van der Waals surface area contributed by atoms with Crippen LogP contribution >= 0.6 is 0 Å². The lowest BCUT2D eigenvalue weighted by Crippen LogP contribution is -2.37. The van der Waals surface area contributed by atoms with Crippen molar-refractivity contribution in [3.8, 4) is 16.9 Å². The highest BCUT2D eigenvalue weighted by Gasteiger charge is 2.43. The molecule has 2 unspecified atom stereocenters. The van der Waals surface area contributed by atoms with Crippen molar-refractivity contribution >= 4 is 27.0 Å². The molecule has 2 N–H and O–H groups in total. The molecule has 3 aromatic rings. The number of H-pyrrole nitrogens is 1. The lowest BCUT2D eigenvalue weighted by molar-refractivity contribution is -0.127. The first-order chi connectivity index (χ1) is 16.3. The van der Waals surface area contributed by atoms with E-state index in [1.54, 1.807) is 24.3 Å². The van der Waals surface area contributed by atoms with Gasteiger partial charge in [-0.3, -0.25) is 4.79 Å². The summed E-state index contributed by atoms with van der Waals surface area (Å²) >= 11 is 0. The standard InChI is InChI=1S/C24H27FN4O4S/c1-26-34(31,32)13-23(30)29-11-15-7-14(8-16(15)12-29)21-10-20-18(5-6-27-24(20)28-21)19-9-17(25)3-4-22(19)33-2/h3-6,9-10,14-16,26H,7-8,11-13H2,1-2H3,(H,27,28). The SMILES string of the molecule is CNS(=O)(=O)CC(=O)N1CC2CC(c3cc4c(-c5cc(F)ccc5OC)ccnc4[nH]3)CC2C1. The number of benzene rings is 1. The van der Waals surface area contributed by atoms with Crippen molar-refractivity contribution in [2.45, 2.75) is 18.8 Å². The molecule has 34 heavy (non-hydrogen) atoms. The van der Waals surface area contributed by atoms with Gasteiger partial charge in [0.25, 0.3) is 0 Å². The summed E-state index contributed by atoms with van der Waals surface area (Å²) in [6.07, 6.45) is 3.53. The van der Waals surface area contributed by atoms with Gasteiger partial charge in [-0.15, -0.1) is 0 Å². The van der Waals surface area contributed by atoms with Crippen LogP contribution in [0.4, 0.5) is 4.39 Å². The zero-order valence-electron chi connectivity index (χ0n) is 19.0. The molecule has 1 aliphatic heterocycles. The van der Waals surface area contributed by atoms with Crippen LogP contribution in [0.15, 0.2) is 36.5 Å². The van der Waals surface area contributed by atoms with E-state index in [1.165, 1.54) is 19.2 Å². The number of carbonyl (C=O) groups excluding carboxylic acids is 1. The fraction of sp³-hybridized carbons (Fsp3) is 0.417. The van der Waals surface area contributed by atoms with Gasteiger partial charge in [-0.2, -0.15) is 0 Å². The lowest BCUT2D eigenvalue weighted by Gasteiger charge is -2.19. The molecule has 10 heteroatoms. The van der Waals surface area contributed by atoms with Crippen LogP contribution < -0.4 is 9.46 Å². The molecule has 2 atom stereocenters. The molecule has 3 heterocycles. The van der Waals surface area contributed by atoms with Gasteiger partial charge in [0.1, 0.15) is 23.0 Å². The number of aromatic amines is 1. The summed E-state index contributed by atoms with van der Waals surface area (Å²) in [5.74, 6) is 0.390. The minimum absolute atomic E-state index is 0.296. The zero-order chi connectivity index (χ0) is 24.0. The number of fused-ring (bicyclic) bond motifs is 2. The number of nitrogens with zero attached hydrogens (tertiary/aromatic N) is 2. The molecule has 1 amide bonds. The Morgan fingerprint density at radius 3 is 2.62 bits per heavy atom. The molecular weight excluding hydrogens is 459 g/mol. The zero-order valence-corrected chi connectivity index (χ0v) is 19.9. The van der Waals surface area contributed by atoms with Gasteiger partial charge in [0.05, 0.1) is 7.11 Å². The van der Waals surface area contributed by atoms with E-state index in [2.05, 4.69) is 20.8 Å². The third kappa shape index (κ3) is 4.16. The third-order valence-electron chi connectivity index (χ3n) is 7.17. The second kappa shape index (κ2) is 8.66. The molecule has 0 spiro atoms. The Bertz CT molecular complexity index is 1340. The molecule has 1 aliphatic carbocycles. The van der Waals surface area contributed by atoms with Crippen LogP contribution in [0, 0.1) is 17.7 Å². The van der Waals surface area contributed by atoms with Crippen LogP contribution in [0.1, 0.15) is 24.5 Å². The largest absolute Gasteiger partial charge is 0.496 e. The monoisotopic (exact) mass is 486 g/mol. The number of likely N-dealkylation sites (tertiary alicyclic amines) is 1. The average Bonchev–Trinajstić information content (AvgIpc) is 3.51. The smallest absolute Gasteiger partial charge is 0.239 e. The van der Waals surface area contributed by atoms with Crippen molar-refractivity contribution in [3.05, 3.63) is 48.0 Å². The number of hydrogen-bond donors (Lipinski definition) is 2. The van der Waals surface area contributed by atoms with Gasteiger partial charge in [0, 0.05) is 35.9 Å². The number of halogens is 1. The molecule has 2 aliphatic rings. The van der Waals surface area contributed by atoms with Crippen LogP contribution in [-0.4, -0.2) is 62.2 Å². The molecule has 1 saturated carbocycles. The Hall–Kier alpha value is -2.98. The summed E-state index contributed by atoms with van der Waals surface area (Å²) in [6.45, 7) is 1.17. The Labute approximate surface area is 197 Å². The molecule has 5 rings (SSSR count). The number of nitrogens with one attached hydrogen (secondary N) is 2. The third-order valence-corrected chi connectivity index (χ3v) is 8.42. The Morgan fingerprint density at radius 2 is 1.94 bits per heavy atom. The number of rotatable bonds is 6. The molecule has 8 nitrogen and oxygen atoms in total. The summed E-state index contributed by atoms with van der Waals surface area (Å²) in [4.78, 5) is 22.0. The Balaban J connectivity index is 1.35. The molecule has 2 aromatic heterocycles. The van der Waals surface area contributed by atoms with Crippen LogP contribution in [0.3, 0.4) is 0 Å². The van der Waals surface area contributed by atoms with E-state index < -0.39 is 15.8 Å². The predicted molar refractivity (Wildman–Crippen MR) is 126 cm³/mol. The highest BCUT2D eigenvalue weighted by Crippen LogP contribution is 2.47. The topological polar surface area (TPSA) is 104 Å². The van der Waals surface area contributed by atoms with E-state index in [0.717, 1.165) is 35.1 Å². The van der Waals surface area contributed by atoms with Crippen molar-refractivity contribution in [1.82, 2.24) is 19.6 Å². The van der Waals surface area contributed by atoms with Crippen LogP contribution in [-0.2, 0) is 14.8 Å². The summed E-state index contributed by atoms with van der Waals surface area (Å²) in [7, 11) is -0.686. The maximum atomic E-state index is 14.0. The number of hydrogen-bond acceptors (Lipinski definition) is 5. The maximum Gasteiger partial charge on any atom is 0.239 e. The van der Waals surface area contributed by atoms with Crippen molar-refractivity contribution < 1.29 is 22.3 Å². The molecule has 1 saturated heterocycles. The van der Waals surface area contributed by atoms with Gasteiger partial charge in [0.2, 0.25) is 15.9 Å². The Kier molecular flexibility index (Phi) is 5.81. The normalized spacial score (nSPS) is 22.3. The molecule has 2 fully saturated rings. The summed E-state index contributed by atoms with van der Waals surface area (Å²) in [5.41, 5.74) is 3.35. The molecule has 1 aromatic carbocycles. The van der Waals surface area contributed by atoms with E-state index in [-0.39, 0.29) is 11.7 Å². The van der Waals surface area contributed by atoms with Crippen LogP contribution in [0.5, 0.6) is 5.75 Å². The number of sulfonamides is 1. The summed E-state index contributed by atoms with van der Waals surface area (Å²) < 4.78 is 45.1. The average molecular weight is 487 g/mol. The molecule has 0 bridgehead atoms. The van der Waals surface area contributed by atoms with Gasteiger partial charge < -0.3 is 14.6 Å². The van der Waals surface area contributed by atoms with Gasteiger partial charge in [-0.05, 0) is 73.5 Å². The lowest BCUT2D eigenvalue weighted by atomic mass is 9.99. The van der Waals surface area contributed by atoms with Gasteiger partial charge in [-0.1, -0.05) is 0 Å². The highest BCUT2D eigenvalue weighted by atomic mass is 32.2. The Morgan fingerprint density at radius 1 is 1.21 bits per heavy atom. The fourth-order valence-electron chi connectivity index (χ4n) is 5.48. The maximum absolute atomic E-state index is 14.0. The van der Waals surface area contributed by atoms with E-state index in [0.29, 0.717) is 42.2 Å². The van der Waals surface area contributed by atoms with E-state index in [1.807, 2.05) is 6.07 Å². The highest BCUT2D eigenvalue weighted by molar-refractivity contribution is 7.90. The molecular formula is C24H27FN4O4S. The van der Waals surface area contributed by atoms with Crippen molar-refractivity contribution in [3.63, 3.8) is 0 Å². The predicted octanol–water partition coefficient (Wildman–Crippen LogP) is 2.88. The first-order valence-electron chi connectivity index (χ1n) is 11.3.